The van der Waals surface area contributed by atoms with Crippen molar-refractivity contribution in [2.75, 3.05) is 7.11 Å². The number of rotatable bonds is 4. The largest absolute Gasteiger partial charge is 0.496 e. The van der Waals surface area contributed by atoms with E-state index in [1.807, 2.05) is 26.1 Å². The third kappa shape index (κ3) is 2.72. The highest BCUT2D eigenvalue weighted by molar-refractivity contribution is 5.73. The molecular weight excluding hydrogens is 277 g/mol. The van der Waals surface area contributed by atoms with Crippen molar-refractivity contribution in [1.29, 1.82) is 0 Å². The van der Waals surface area contributed by atoms with E-state index in [0.717, 1.165) is 16.7 Å². The molecule has 1 aromatic heterocycles. The van der Waals surface area contributed by atoms with Gasteiger partial charge in [0.05, 0.1) is 7.11 Å². The van der Waals surface area contributed by atoms with Gasteiger partial charge in [-0.25, -0.2) is 4.39 Å². The average Bonchev–Trinajstić information content (AvgIpc) is 3.31. The zero-order valence-corrected chi connectivity index (χ0v) is 13.6. The number of hydrogen-bond acceptors (Lipinski definition) is 2. The topological polar surface area (TPSA) is 22.1 Å². The van der Waals surface area contributed by atoms with E-state index in [-0.39, 0.29) is 11.7 Å². The van der Waals surface area contributed by atoms with Gasteiger partial charge in [0.1, 0.15) is 11.6 Å². The summed E-state index contributed by atoms with van der Waals surface area (Å²) in [6.07, 6.45) is 4.38. The number of benzene rings is 1. The van der Waals surface area contributed by atoms with E-state index in [1.54, 1.807) is 7.11 Å². The minimum Gasteiger partial charge on any atom is -0.496 e. The molecule has 2 aromatic rings. The summed E-state index contributed by atoms with van der Waals surface area (Å²) in [5.74, 6) is 1.11. The van der Waals surface area contributed by atoms with Gasteiger partial charge in [-0.2, -0.15) is 0 Å². The number of hydrogen-bond donors (Lipinski definition) is 0. The lowest BCUT2D eigenvalue weighted by Gasteiger charge is -2.16. The number of aryl methyl sites for hydroxylation is 1. The first kappa shape index (κ1) is 15.0. The monoisotopic (exact) mass is 299 g/mol. The number of methoxy groups -OCH3 is 1. The summed E-state index contributed by atoms with van der Waals surface area (Å²) < 4.78 is 19.6. The Hall–Kier alpha value is -1.90. The maximum Gasteiger partial charge on any atom is 0.130 e. The first-order valence-electron chi connectivity index (χ1n) is 7.85. The van der Waals surface area contributed by atoms with E-state index in [4.69, 9.17) is 4.74 Å². The smallest absolute Gasteiger partial charge is 0.130 e. The van der Waals surface area contributed by atoms with Crippen LogP contribution < -0.4 is 4.74 Å². The Balaban J connectivity index is 2.11. The zero-order valence-electron chi connectivity index (χ0n) is 13.6. The van der Waals surface area contributed by atoms with Crippen LogP contribution in [-0.2, 0) is 0 Å². The molecule has 2 nitrogen and oxygen atoms in total. The third-order valence-electron chi connectivity index (χ3n) is 4.36. The van der Waals surface area contributed by atoms with Crippen molar-refractivity contribution in [2.45, 2.75) is 45.4 Å². The van der Waals surface area contributed by atoms with Crippen LogP contribution in [0.25, 0.3) is 11.1 Å². The molecule has 1 aliphatic rings. The van der Waals surface area contributed by atoms with Crippen molar-refractivity contribution in [3.05, 3.63) is 47.0 Å². The highest BCUT2D eigenvalue weighted by Gasteiger charge is 2.25. The normalized spacial score (nSPS) is 14.5. The number of pyridine rings is 1. The van der Waals surface area contributed by atoms with Crippen LogP contribution in [0, 0.1) is 12.7 Å². The second-order valence-corrected chi connectivity index (χ2v) is 6.43. The summed E-state index contributed by atoms with van der Waals surface area (Å²) >= 11 is 0. The van der Waals surface area contributed by atoms with E-state index in [2.05, 4.69) is 18.0 Å². The molecule has 0 aliphatic heterocycles. The Bertz CT molecular complexity index is 705. The van der Waals surface area contributed by atoms with E-state index in [0.29, 0.717) is 17.2 Å². The second-order valence-electron chi connectivity index (χ2n) is 6.43. The van der Waals surface area contributed by atoms with Crippen LogP contribution in [0.15, 0.2) is 24.4 Å². The summed E-state index contributed by atoms with van der Waals surface area (Å²) in [6.45, 7) is 6.08. The van der Waals surface area contributed by atoms with Crippen molar-refractivity contribution in [3.63, 3.8) is 0 Å². The number of aromatic nitrogens is 1. The number of halogens is 1. The molecule has 22 heavy (non-hydrogen) atoms. The SMILES string of the molecule is COc1cc(F)c(C(C)C)cc1-c1cnc(C2CC2)cc1C. The molecule has 0 unspecified atom stereocenters. The van der Waals surface area contributed by atoms with E-state index < -0.39 is 0 Å². The van der Waals surface area contributed by atoms with Crippen LogP contribution in [-0.4, -0.2) is 12.1 Å². The van der Waals surface area contributed by atoms with Gasteiger partial charge in [-0.1, -0.05) is 13.8 Å². The highest BCUT2D eigenvalue weighted by Crippen LogP contribution is 2.41. The van der Waals surface area contributed by atoms with Gasteiger partial charge in [-0.3, -0.25) is 4.98 Å². The quantitative estimate of drug-likeness (QED) is 0.773. The van der Waals surface area contributed by atoms with E-state index in [1.165, 1.54) is 24.6 Å². The maximum atomic E-state index is 14.2. The van der Waals surface area contributed by atoms with Crippen LogP contribution in [0.1, 0.15) is 55.3 Å². The lowest BCUT2D eigenvalue weighted by atomic mass is 9.94. The molecule has 1 aliphatic carbocycles. The summed E-state index contributed by atoms with van der Waals surface area (Å²) in [5, 5.41) is 0. The molecule has 3 rings (SSSR count). The van der Waals surface area contributed by atoms with Gasteiger partial charge in [-0.15, -0.1) is 0 Å². The van der Waals surface area contributed by atoms with E-state index >= 15 is 0 Å². The Morgan fingerprint density at radius 1 is 1.18 bits per heavy atom. The molecule has 3 heteroatoms. The number of ether oxygens (including phenoxy) is 1. The van der Waals surface area contributed by atoms with Crippen LogP contribution in [0.3, 0.4) is 0 Å². The Morgan fingerprint density at radius 2 is 1.91 bits per heavy atom. The molecule has 0 saturated heterocycles. The second kappa shape index (κ2) is 5.71. The Labute approximate surface area is 131 Å². The van der Waals surface area contributed by atoms with Crippen molar-refractivity contribution >= 4 is 0 Å². The first-order valence-corrected chi connectivity index (χ1v) is 7.85. The van der Waals surface area contributed by atoms with Gasteiger partial charge in [0.25, 0.3) is 0 Å². The fraction of sp³-hybridized carbons (Fsp3) is 0.421. The molecule has 0 amide bonds. The lowest BCUT2D eigenvalue weighted by molar-refractivity contribution is 0.412. The van der Waals surface area contributed by atoms with Crippen LogP contribution in [0.2, 0.25) is 0 Å². The standard InChI is InChI=1S/C19H22FNO/c1-11(2)14-8-15(19(22-4)9-17(14)20)16-10-21-18(7-12(16)3)13-5-6-13/h7-11,13H,5-6H2,1-4H3. The van der Waals surface area contributed by atoms with Crippen molar-refractivity contribution in [2.24, 2.45) is 0 Å². The summed E-state index contributed by atoms with van der Waals surface area (Å²) in [6, 6.07) is 5.55. The van der Waals surface area contributed by atoms with Crippen molar-refractivity contribution in [1.82, 2.24) is 4.98 Å². The summed E-state index contributed by atoms with van der Waals surface area (Å²) in [5.41, 5.74) is 4.98. The molecular formula is C19H22FNO. The predicted molar refractivity (Wildman–Crippen MR) is 87.0 cm³/mol. The van der Waals surface area contributed by atoms with Crippen LogP contribution in [0.5, 0.6) is 5.75 Å². The predicted octanol–water partition coefficient (Wildman–Crippen LogP) is 5.21. The third-order valence-corrected chi connectivity index (χ3v) is 4.36. The Morgan fingerprint density at radius 3 is 2.45 bits per heavy atom. The fourth-order valence-electron chi connectivity index (χ4n) is 2.86. The van der Waals surface area contributed by atoms with E-state index in [9.17, 15) is 4.39 Å². The summed E-state index contributed by atoms with van der Waals surface area (Å²) in [4.78, 5) is 4.60. The fourth-order valence-corrected chi connectivity index (χ4v) is 2.86. The Kier molecular flexibility index (Phi) is 3.90. The molecule has 0 radical (unpaired) electrons. The molecule has 116 valence electrons. The molecule has 1 fully saturated rings. The molecule has 0 N–H and O–H groups in total. The summed E-state index contributed by atoms with van der Waals surface area (Å²) in [7, 11) is 1.58. The molecule has 1 heterocycles. The van der Waals surface area contributed by atoms with Crippen LogP contribution >= 0.6 is 0 Å². The van der Waals surface area contributed by atoms with Gasteiger partial charge >= 0.3 is 0 Å². The van der Waals surface area contributed by atoms with Crippen molar-refractivity contribution in [3.8, 4) is 16.9 Å². The van der Waals surface area contributed by atoms with Gasteiger partial charge in [0, 0.05) is 35.0 Å². The first-order chi connectivity index (χ1) is 10.5. The molecule has 0 atom stereocenters. The van der Waals surface area contributed by atoms with Gasteiger partial charge in [-0.05, 0) is 48.9 Å². The minimum absolute atomic E-state index is 0.128. The van der Waals surface area contributed by atoms with Crippen LogP contribution in [0.4, 0.5) is 4.39 Å². The number of nitrogens with zero attached hydrogens (tertiary/aromatic N) is 1. The van der Waals surface area contributed by atoms with Gasteiger partial charge in [0.15, 0.2) is 0 Å². The molecule has 1 aromatic carbocycles. The highest BCUT2D eigenvalue weighted by atomic mass is 19.1. The van der Waals surface area contributed by atoms with Gasteiger partial charge < -0.3 is 4.74 Å². The lowest BCUT2D eigenvalue weighted by Crippen LogP contribution is -1.99. The molecule has 0 bridgehead atoms. The average molecular weight is 299 g/mol. The molecule has 1 saturated carbocycles. The minimum atomic E-state index is -0.212. The zero-order chi connectivity index (χ0) is 15.9. The maximum absolute atomic E-state index is 14.2. The van der Waals surface area contributed by atoms with Gasteiger partial charge in [0.2, 0.25) is 0 Å². The van der Waals surface area contributed by atoms with Crippen molar-refractivity contribution < 1.29 is 9.13 Å². The molecule has 0 spiro atoms.